The molecule has 16 heavy (non-hydrogen) atoms. The van der Waals surface area contributed by atoms with E-state index < -0.39 is 0 Å². The van der Waals surface area contributed by atoms with Gasteiger partial charge in [0.25, 0.3) is 0 Å². The summed E-state index contributed by atoms with van der Waals surface area (Å²) in [6, 6.07) is 1.67. The summed E-state index contributed by atoms with van der Waals surface area (Å²) in [5, 5.41) is 7.27. The summed E-state index contributed by atoms with van der Waals surface area (Å²) in [7, 11) is 0. The van der Waals surface area contributed by atoms with Gasteiger partial charge in [-0.15, -0.1) is 11.3 Å². The number of nitrogens with one attached hydrogen (secondary N) is 1. The van der Waals surface area contributed by atoms with E-state index in [4.69, 9.17) is 23.2 Å². The number of anilines is 1. The van der Waals surface area contributed by atoms with Crippen molar-refractivity contribution in [3.8, 4) is 0 Å². The van der Waals surface area contributed by atoms with Crippen LogP contribution in [-0.4, -0.2) is 16.5 Å². The van der Waals surface area contributed by atoms with Gasteiger partial charge < -0.3 is 5.32 Å². The second-order valence-electron chi connectivity index (χ2n) is 3.09. The van der Waals surface area contributed by atoms with Gasteiger partial charge in [0.2, 0.25) is 0 Å². The first-order valence-electron chi connectivity index (χ1n) is 4.69. The largest absolute Gasteiger partial charge is 0.368 e. The lowest BCUT2D eigenvalue weighted by Crippen LogP contribution is -2.06. The van der Waals surface area contributed by atoms with Gasteiger partial charge in [0, 0.05) is 30.7 Å². The average molecular weight is 274 g/mol. The van der Waals surface area contributed by atoms with E-state index in [0.29, 0.717) is 15.9 Å². The van der Waals surface area contributed by atoms with Crippen LogP contribution in [0.1, 0.15) is 5.01 Å². The maximum atomic E-state index is 5.97. The molecule has 0 saturated carbocycles. The van der Waals surface area contributed by atoms with E-state index in [0.717, 1.165) is 18.0 Å². The maximum absolute atomic E-state index is 5.97. The van der Waals surface area contributed by atoms with E-state index in [2.05, 4.69) is 15.3 Å². The van der Waals surface area contributed by atoms with Gasteiger partial charge in [-0.1, -0.05) is 23.2 Å². The molecule has 0 spiro atoms. The molecular formula is C10H9Cl2N3S. The van der Waals surface area contributed by atoms with E-state index in [1.807, 2.05) is 5.38 Å². The molecule has 3 nitrogen and oxygen atoms in total. The number of rotatable bonds is 4. The van der Waals surface area contributed by atoms with Crippen molar-refractivity contribution in [1.82, 2.24) is 9.97 Å². The summed E-state index contributed by atoms with van der Waals surface area (Å²) in [6.07, 6.45) is 4.23. The minimum absolute atomic E-state index is 0.534. The molecule has 0 atom stereocenters. The van der Waals surface area contributed by atoms with Crippen molar-refractivity contribution >= 4 is 40.4 Å². The van der Waals surface area contributed by atoms with Gasteiger partial charge in [0.15, 0.2) is 0 Å². The number of halogens is 2. The van der Waals surface area contributed by atoms with E-state index in [1.165, 1.54) is 0 Å². The average Bonchev–Trinajstić information content (AvgIpc) is 2.74. The van der Waals surface area contributed by atoms with Crippen LogP contribution in [0.3, 0.4) is 0 Å². The molecule has 0 saturated heterocycles. The van der Waals surface area contributed by atoms with Crippen LogP contribution in [0.15, 0.2) is 23.8 Å². The summed E-state index contributed by atoms with van der Waals surface area (Å²) < 4.78 is 0. The number of hydrogen-bond acceptors (Lipinski definition) is 4. The molecule has 2 rings (SSSR count). The Kier molecular flexibility index (Phi) is 3.98. The molecule has 2 heterocycles. The van der Waals surface area contributed by atoms with Crippen molar-refractivity contribution in [3.63, 3.8) is 0 Å². The Morgan fingerprint density at radius 3 is 2.88 bits per heavy atom. The standard InChI is InChI=1S/C10H9Cl2N3S/c11-7-5-8(12)10(15-6-7)14-2-1-9-13-3-4-16-9/h3-6H,1-2H2,(H,14,15). The topological polar surface area (TPSA) is 37.8 Å². The molecule has 0 aliphatic heterocycles. The number of hydrogen-bond donors (Lipinski definition) is 1. The normalized spacial score (nSPS) is 10.4. The lowest BCUT2D eigenvalue weighted by Gasteiger charge is -2.05. The van der Waals surface area contributed by atoms with Crippen LogP contribution in [0.5, 0.6) is 0 Å². The number of pyridine rings is 1. The fourth-order valence-electron chi connectivity index (χ4n) is 1.21. The Morgan fingerprint density at radius 1 is 1.31 bits per heavy atom. The van der Waals surface area contributed by atoms with Gasteiger partial charge >= 0.3 is 0 Å². The molecule has 6 heteroatoms. The molecule has 0 unspecified atom stereocenters. The highest BCUT2D eigenvalue weighted by atomic mass is 35.5. The van der Waals surface area contributed by atoms with Crippen LogP contribution in [0.25, 0.3) is 0 Å². The quantitative estimate of drug-likeness (QED) is 0.927. The maximum Gasteiger partial charge on any atom is 0.144 e. The lowest BCUT2D eigenvalue weighted by atomic mass is 10.4. The zero-order chi connectivity index (χ0) is 11.4. The second kappa shape index (κ2) is 5.48. The van der Waals surface area contributed by atoms with Gasteiger partial charge in [-0.3, -0.25) is 0 Å². The molecule has 0 bridgehead atoms. The first-order valence-corrected chi connectivity index (χ1v) is 6.32. The van der Waals surface area contributed by atoms with Crippen molar-refractivity contribution in [2.24, 2.45) is 0 Å². The van der Waals surface area contributed by atoms with Crippen molar-refractivity contribution < 1.29 is 0 Å². The van der Waals surface area contributed by atoms with Crippen molar-refractivity contribution in [3.05, 3.63) is 38.9 Å². The number of thiazole rings is 1. The van der Waals surface area contributed by atoms with Crippen molar-refractivity contribution in [2.45, 2.75) is 6.42 Å². The monoisotopic (exact) mass is 273 g/mol. The Morgan fingerprint density at radius 2 is 2.19 bits per heavy atom. The SMILES string of the molecule is Clc1cnc(NCCc2nccs2)c(Cl)c1. The van der Waals surface area contributed by atoms with Crippen molar-refractivity contribution in [1.29, 1.82) is 0 Å². The van der Waals surface area contributed by atoms with Crippen LogP contribution in [0.2, 0.25) is 10.0 Å². The summed E-state index contributed by atoms with van der Waals surface area (Å²) >= 11 is 13.4. The van der Waals surface area contributed by atoms with E-state index >= 15 is 0 Å². The number of aromatic nitrogens is 2. The third-order valence-electron chi connectivity index (χ3n) is 1.92. The summed E-state index contributed by atoms with van der Waals surface area (Å²) in [5.41, 5.74) is 0. The Hall–Kier alpha value is -0.840. The molecule has 0 aromatic carbocycles. The van der Waals surface area contributed by atoms with E-state index in [1.54, 1.807) is 29.8 Å². The molecule has 0 amide bonds. The zero-order valence-corrected chi connectivity index (χ0v) is 10.6. The second-order valence-corrected chi connectivity index (χ2v) is 4.91. The van der Waals surface area contributed by atoms with Crippen LogP contribution < -0.4 is 5.32 Å². The van der Waals surface area contributed by atoms with Gasteiger partial charge in [0.05, 0.1) is 15.1 Å². The Labute approximate surface area is 107 Å². The molecule has 1 N–H and O–H groups in total. The highest BCUT2D eigenvalue weighted by Crippen LogP contribution is 2.22. The Balaban J connectivity index is 1.90. The molecule has 84 valence electrons. The van der Waals surface area contributed by atoms with Gasteiger partial charge in [0.1, 0.15) is 5.82 Å². The molecule has 0 fully saturated rings. The summed E-state index contributed by atoms with van der Waals surface area (Å²) in [6.45, 7) is 0.752. The van der Waals surface area contributed by atoms with Crippen molar-refractivity contribution in [2.75, 3.05) is 11.9 Å². The number of nitrogens with zero attached hydrogens (tertiary/aromatic N) is 2. The Bertz CT molecular complexity index is 459. The summed E-state index contributed by atoms with van der Waals surface area (Å²) in [4.78, 5) is 8.29. The van der Waals surface area contributed by atoms with Gasteiger partial charge in [-0.2, -0.15) is 0 Å². The predicted molar refractivity (Wildman–Crippen MR) is 68.6 cm³/mol. The molecular weight excluding hydrogens is 265 g/mol. The van der Waals surface area contributed by atoms with Crippen LogP contribution in [-0.2, 0) is 6.42 Å². The molecule has 2 aromatic rings. The van der Waals surface area contributed by atoms with E-state index in [-0.39, 0.29) is 0 Å². The smallest absolute Gasteiger partial charge is 0.144 e. The minimum atomic E-state index is 0.534. The summed E-state index contributed by atoms with van der Waals surface area (Å²) in [5.74, 6) is 0.655. The fraction of sp³-hybridized carbons (Fsp3) is 0.200. The molecule has 2 aromatic heterocycles. The van der Waals surface area contributed by atoms with E-state index in [9.17, 15) is 0 Å². The van der Waals surface area contributed by atoms with Crippen LogP contribution in [0, 0.1) is 0 Å². The first kappa shape index (κ1) is 11.6. The highest BCUT2D eigenvalue weighted by Gasteiger charge is 2.02. The minimum Gasteiger partial charge on any atom is -0.368 e. The third-order valence-corrected chi connectivity index (χ3v) is 3.26. The predicted octanol–water partition coefficient (Wildman–Crippen LogP) is 3.50. The fourth-order valence-corrected chi connectivity index (χ4v) is 2.28. The molecule has 0 aliphatic carbocycles. The lowest BCUT2D eigenvalue weighted by molar-refractivity contribution is 0.988. The third kappa shape index (κ3) is 3.07. The van der Waals surface area contributed by atoms with Gasteiger partial charge in [-0.25, -0.2) is 9.97 Å². The highest BCUT2D eigenvalue weighted by molar-refractivity contribution is 7.09. The first-order chi connectivity index (χ1) is 7.75. The van der Waals surface area contributed by atoms with Crippen LogP contribution in [0.4, 0.5) is 5.82 Å². The zero-order valence-electron chi connectivity index (χ0n) is 8.28. The molecule has 0 radical (unpaired) electrons. The van der Waals surface area contributed by atoms with Gasteiger partial charge in [-0.05, 0) is 6.07 Å². The van der Waals surface area contributed by atoms with Crippen LogP contribution >= 0.6 is 34.5 Å². The molecule has 0 aliphatic rings.